The number of rotatable bonds is 7. The van der Waals surface area contributed by atoms with Crippen molar-refractivity contribution in [3.8, 4) is 11.4 Å². The first kappa shape index (κ1) is 24.3. The molecule has 192 valence electrons. The quantitative estimate of drug-likeness (QED) is 0.308. The maximum Gasteiger partial charge on any atom is 0.290 e. The minimum Gasteiger partial charge on any atom is -0.341 e. The number of piperidine rings is 1. The number of H-pyrrole nitrogens is 1. The number of hydrogen-bond acceptors (Lipinski definition) is 9. The number of pyridine rings is 1. The van der Waals surface area contributed by atoms with Crippen LogP contribution in [0.1, 0.15) is 24.1 Å². The highest BCUT2D eigenvalue weighted by molar-refractivity contribution is 8.18. The summed E-state index contributed by atoms with van der Waals surface area (Å²) < 4.78 is 0. The Labute approximate surface area is 223 Å². The zero-order valence-electron chi connectivity index (χ0n) is 20.6. The lowest BCUT2D eigenvalue weighted by atomic mass is 9.97. The van der Waals surface area contributed by atoms with Gasteiger partial charge in [-0.3, -0.25) is 20.0 Å². The van der Waals surface area contributed by atoms with Crippen LogP contribution in [0, 0.1) is 5.92 Å². The normalized spacial score (nSPS) is 17.5. The highest BCUT2D eigenvalue weighted by Crippen LogP contribution is 2.27. The molecule has 0 saturated carbocycles. The molecule has 0 bridgehead atoms. The van der Waals surface area contributed by atoms with Gasteiger partial charge in [-0.25, -0.2) is 15.0 Å². The van der Waals surface area contributed by atoms with Crippen LogP contribution in [0.25, 0.3) is 28.4 Å². The molecule has 1 aromatic carbocycles. The van der Waals surface area contributed by atoms with Crippen molar-refractivity contribution in [2.75, 3.05) is 24.5 Å². The average molecular weight is 527 g/mol. The lowest BCUT2D eigenvalue weighted by Gasteiger charge is -2.32. The van der Waals surface area contributed by atoms with Crippen LogP contribution >= 0.6 is 11.8 Å². The van der Waals surface area contributed by atoms with Crippen LogP contribution in [-0.4, -0.2) is 55.9 Å². The third-order valence-corrected chi connectivity index (χ3v) is 7.60. The molecule has 10 nitrogen and oxygen atoms in total. The number of carbonyl (C=O) groups is 2. The van der Waals surface area contributed by atoms with Gasteiger partial charge >= 0.3 is 0 Å². The molecule has 4 aromatic rings. The molecule has 0 radical (unpaired) electrons. The fourth-order valence-electron chi connectivity index (χ4n) is 4.81. The number of para-hydroxylation sites is 1. The van der Waals surface area contributed by atoms with E-state index in [1.165, 1.54) is 0 Å². The lowest BCUT2D eigenvalue weighted by Crippen LogP contribution is -2.38. The first-order valence-corrected chi connectivity index (χ1v) is 13.4. The van der Waals surface area contributed by atoms with E-state index in [1.807, 2.05) is 24.3 Å². The van der Waals surface area contributed by atoms with E-state index in [1.54, 1.807) is 24.5 Å². The van der Waals surface area contributed by atoms with E-state index in [9.17, 15) is 9.59 Å². The zero-order valence-corrected chi connectivity index (χ0v) is 21.4. The Hall–Kier alpha value is -4.09. The average Bonchev–Trinajstić information content (AvgIpc) is 3.58. The van der Waals surface area contributed by atoms with Gasteiger partial charge in [0.15, 0.2) is 0 Å². The number of nitrogens with zero attached hydrogens (tertiary/aromatic N) is 5. The Morgan fingerprint density at radius 2 is 1.95 bits per heavy atom. The number of amides is 2. The number of carbonyl (C=O) groups excluding carboxylic acids is 2. The Balaban J connectivity index is 1.06. The molecule has 2 fully saturated rings. The van der Waals surface area contributed by atoms with Crippen molar-refractivity contribution in [1.29, 1.82) is 0 Å². The second-order valence-electron chi connectivity index (χ2n) is 9.35. The standard InChI is InChI=1S/C27H26N8O2S/c36-25-23(38-27(37)33-25)14-20-5-9-29-26(31-20)35-11-7-17(8-12-35)15-28-16-19-13-18-3-1-2-4-21(18)32-24(19)22-6-10-30-34-22/h1-6,9-10,13-14,17,28H,7-8,11-12,15-16H2,(H,30,34)(H,33,36,37). The minimum absolute atomic E-state index is 0.349. The molecule has 0 aliphatic carbocycles. The maximum absolute atomic E-state index is 11.8. The van der Waals surface area contributed by atoms with E-state index >= 15 is 0 Å². The van der Waals surface area contributed by atoms with Crippen LogP contribution < -0.4 is 15.5 Å². The van der Waals surface area contributed by atoms with Crippen molar-refractivity contribution < 1.29 is 9.59 Å². The van der Waals surface area contributed by atoms with Crippen molar-refractivity contribution >= 4 is 45.8 Å². The predicted molar refractivity (Wildman–Crippen MR) is 147 cm³/mol. The number of nitrogens with one attached hydrogen (secondary N) is 3. The molecule has 0 unspecified atom stereocenters. The van der Waals surface area contributed by atoms with Crippen LogP contribution in [0.3, 0.4) is 0 Å². The third kappa shape index (κ3) is 5.29. The summed E-state index contributed by atoms with van der Waals surface area (Å²) in [6, 6.07) is 14.1. The Bertz CT molecular complexity index is 1510. The SMILES string of the molecule is O=C1NC(=O)C(=Cc2ccnc(N3CCC(CNCc4cc5ccccc5nc4-c4ccn[nH]4)CC3)n2)S1. The van der Waals surface area contributed by atoms with E-state index in [2.05, 4.69) is 47.8 Å². The van der Waals surface area contributed by atoms with Gasteiger partial charge in [0.05, 0.1) is 27.5 Å². The number of imide groups is 1. The molecule has 2 amide bonds. The first-order valence-electron chi connectivity index (χ1n) is 12.5. The molecule has 3 N–H and O–H groups in total. The summed E-state index contributed by atoms with van der Waals surface area (Å²) >= 11 is 0.888. The molecule has 6 rings (SSSR count). The van der Waals surface area contributed by atoms with Crippen molar-refractivity contribution in [2.45, 2.75) is 19.4 Å². The monoisotopic (exact) mass is 526 g/mol. The van der Waals surface area contributed by atoms with Crippen LogP contribution in [0.5, 0.6) is 0 Å². The largest absolute Gasteiger partial charge is 0.341 e. The van der Waals surface area contributed by atoms with Crippen LogP contribution in [0.4, 0.5) is 10.7 Å². The van der Waals surface area contributed by atoms with Gasteiger partial charge in [-0.1, -0.05) is 18.2 Å². The van der Waals surface area contributed by atoms with Crippen LogP contribution in [-0.2, 0) is 11.3 Å². The Morgan fingerprint density at radius 1 is 1.08 bits per heavy atom. The van der Waals surface area contributed by atoms with Gasteiger partial charge < -0.3 is 10.2 Å². The number of benzene rings is 1. The summed E-state index contributed by atoms with van der Waals surface area (Å²) in [5.41, 5.74) is 4.56. The van der Waals surface area contributed by atoms with Crippen molar-refractivity contribution in [1.82, 2.24) is 35.8 Å². The van der Waals surface area contributed by atoms with Gasteiger partial charge in [-0.15, -0.1) is 0 Å². The second kappa shape index (κ2) is 10.7. The first-order chi connectivity index (χ1) is 18.6. The Kier molecular flexibility index (Phi) is 6.84. The molecular formula is C27H26N8O2S. The summed E-state index contributed by atoms with van der Waals surface area (Å²) in [6.07, 6.45) is 7.12. The van der Waals surface area contributed by atoms with E-state index < -0.39 is 0 Å². The van der Waals surface area contributed by atoms with Gasteiger partial charge in [0.1, 0.15) is 0 Å². The summed E-state index contributed by atoms with van der Waals surface area (Å²) in [5.74, 6) is 0.807. The van der Waals surface area contributed by atoms with Crippen molar-refractivity contribution in [2.24, 2.45) is 5.92 Å². The molecule has 11 heteroatoms. The molecule has 2 aliphatic rings. The van der Waals surface area contributed by atoms with Gasteiger partial charge in [0, 0.05) is 37.4 Å². The summed E-state index contributed by atoms with van der Waals surface area (Å²) in [5, 5.41) is 13.8. The van der Waals surface area contributed by atoms with Gasteiger partial charge in [-0.2, -0.15) is 5.10 Å². The highest BCUT2D eigenvalue weighted by atomic mass is 32.2. The molecule has 0 spiro atoms. The molecule has 0 atom stereocenters. The highest BCUT2D eigenvalue weighted by Gasteiger charge is 2.26. The van der Waals surface area contributed by atoms with E-state index in [4.69, 9.17) is 4.98 Å². The number of anilines is 1. The number of fused-ring (bicyclic) bond motifs is 1. The molecule has 38 heavy (non-hydrogen) atoms. The Morgan fingerprint density at radius 3 is 2.74 bits per heavy atom. The van der Waals surface area contributed by atoms with Crippen molar-refractivity contribution in [3.63, 3.8) is 0 Å². The number of aromatic nitrogens is 5. The molecular weight excluding hydrogens is 500 g/mol. The van der Waals surface area contributed by atoms with Crippen LogP contribution in [0.15, 0.2) is 59.8 Å². The lowest BCUT2D eigenvalue weighted by molar-refractivity contribution is -0.115. The third-order valence-electron chi connectivity index (χ3n) is 6.79. The molecule has 3 aromatic heterocycles. The number of aromatic amines is 1. The topological polar surface area (TPSA) is 129 Å². The predicted octanol–water partition coefficient (Wildman–Crippen LogP) is 3.75. The van der Waals surface area contributed by atoms with Gasteiger partial charge in [0.2, 0.25) is 5.95 Å². The molecule has 2 aliphatic heterocycles. The molecule has 5 heterocycles. The minimum atomic E-state index is -0.385. The zero-order chi connectivity index (χ0) is 25.9. The van der Waals surface area contributed by atoms with Crippen molar-refractivity contribution in [3.05, 3.63) is 71.0 Å². The van der Waals surface area contributed by atoms with Crippen LogP contribution in [0.2, 0.25) is 0 Å². The fraction of sp³-hybridized carbons (Fsp3) is 0.259. The summed E-state index contributed by atoms with van der Waals surface area (Å²) in [7, 11) is 0. The van der Waals surface area contributed by atoms with E-state index in [0.717, 1.165) is 78.6 Å². The summed E-state index contributed by atoms with van der Waals surface area (Å²) in [6.45, 7) is 3.35. The second-order valence-corrected chi connectivity index (χ2v) is 10.4. The van der Waals surface area contributed by atoms with E-state index in [-0.39, 0.29) is 11.1 Å². The summed E-state index contributed by atoms with van der Waals surface area (Å²) in [4.78, 5) is 39.7. The van der Waals surface area contributed by atoms with E-state index in [0.29, 0.717) is 22.5 Å². The van der Waals surface area contributed by atoms with Gasteiger partial charge in [-0.05, 0) is 73.0 Å². The molecule has 2 saturated heterocycles. The smallest absolute Gasteiger partial charge is 0.290 e. The maximum atomic E-state index is 11.8. The fourth-order valence-corrected chi connectivity index (χ4v) is 5.48. The number of hydrogen-bond donors (Lipinski definition) is 3. The van der Waals surface area contributed by atoms with Gasteiger partial charge in [0.25, 0.3) is 11.1 Å². The number of thioether (sulfide) groups is 1.